The van der Waals surface area contributed by atoms with Gasteiger partial charge in [0.15, 0.2) is 0 Å². The van der Waals surface area contributed by atoms with Gasteiger partial charge in [-0.25, -0.2) is 0 Å². The van der Waals surface area contributed by atoms with E-state index in [-0.39, 0.29) is 17.4 Å². The van der Waals surface area contributed by atoms with Crippen LogP contribution in [0.5, 0.6) is 5.75 Å². The highest BCUT2D eigenvalue weighted by molar-refractivity contribution is 6.46. The summed E-state index contributed by atoms with van der Waals surface area (Å²) in [5.41, 5.74) is 2.53. The molecule has 6 nitrogen and oxygen atoms in total. The molecule has 31 heavy (non-hydrogen) atoms. The van der Waals surface area contributed by atoms with Crippen LogP contribution in [-0.4, -0.2) is 48.1 Å². The van der Waals surface area contributed by atoms with Crippen molar-refractivity contribution in [2.45, 2.75) is 38.3 Å². The molecule has 2 aliphatic rings. The molecule has 2 saturated heterocycles. The fourth-order valence-corrected chi connectivity index (χ4v) is 4.26. The van der Waals surface area contributed by atoms with Crippen LogP contribution in [0.2, 0.25) is 0 Å². The number of aliphatic hydroxyl groups is 1. The second-order valence-electron chi connectivity index (χ2n) is 7.91. The van der Waals surface area contributed by atoms with Gasteiger partial charge in [-0.1, -0.05) is 31.2 Å². The van der Waals surface area contributed by atoms with Gasteiger partial charge in [-0.2, -0.15) is 0 Å². The number of aliphatic hydroxyl groups excluding tert-OH is 1. The van der Waals surface area contributed by atoms with E-state index < -0.39 is 17.7 Å². The van der Waals surface area contributed by atoms with Gasteiger partial charge in [-0.05, 0) is 54.7 Å². The lowest BCUT2D eigenvalue weighted by molar-refractivity contribution is -0.140. The van der Waals surface area contributed by atoms with Crippen molar-refractivity contribution >= 4 is 17.4 Å². The van der Waals surface area contributed by atoms with Crippen LogP contribution in [0.4, 0.5) is 0 Å². The third kappa shape index (κ3) is 4.08. The summed E-state index contributed by atoms with van der Waals surface area (Å²) in [6.07, 6.45) is 2.58. The van der Waals surface area contributed by atoms with Gasteiger partial charge in [0.2, 0.25) is 0 Å². The van der Waals surface area contributed by atoms with Crippen molar-refractivity contribution in [2.24, 2.45) is 0 Å². The fraction of sp³-hybridized carbons (Fsp3) is 0.360. The molecule has 0 aromatic heterocycles. The third-order valence-electron chi connectivity index (χ3n) is 6.03. The number of rotatable bonds is 6. The first-order chi connectivity index (χ1) is 15.0. The van der Waals surface area contributed by atoms with Crippen molar-refractivity contribution in [3.63, 3.8) is 0 Å². The van der Waals surface area contributed by atoms with E-state index in [1.54, 1.807) is 36.3 Å². The number of hydrogen-bond donors (Lipinski definition) is 1. The number of Topliss-reactive ketones (excluding diaryl/α,β-unsaturated/α-hetero) is 1. The molecule has 0 bridgehead atoms. The number of carbonyl (C=O) groups is 2. The van der Waals surface area contributed by atoms with Crippen molar-refractivity contribution in [1.29, 1.82) is 0 Å². The number of ketones is 1. The summed E-state index contributed by atoms with van der Waals surface area (Å²) in [7, 11) is 1.56. The molecule has 1 amide bonds. The lowest BCUT2D eigenvalue weighted by Gasteiger charge is -2.27. The standard InChI is InChI=1S/C25H27NO5/c1-3-16-6-8-17(9-7-16)22-21(23(27)18-10-12-19(30-2)13-11-18)24(28)25(29)26(22)15-20-5-4-14-31-20/h6-13,20,22,27H,3-5,14-15H2,1-2H3/b23-21-. The number of methoxy groups -OCH3 is 1. The maximum absolute atomic E-state index is 13.1. The average Bonchev–Trinajstić information content (AvgIpc) is 3.41. The number of hydrogen-bond acceptors (Lipinski definition) is 5. The van der Waals surface area contributed by atoms with E-state index in [0.717, 1.165) is 30.4 Å². The minimum Gasteiger partial charge on any atom is -0.507 e. The van der Waals surface area contributed by atoms with E-state index >= 15 is 0 Å². The number of amides is 1. The first kappa shape index (κ1) is 21.1. The van der Waals surface area contributed by atoms with E-state index in [4.69, 9.17) is 9.47 Å². The quantitative estimate of drug-likeness (QED) is 0.436. The number of benzene rings is 2. The molecule has 6 heteroatoms. The fourth-order valence-electron chi connectivity index (χ4n) is 4.26. The van der Waals surface area contributed by atoms with Crippen LogP contribution < -0.4 is 4.74 Å². The monoisotopic (exact) mass is 421 g/mol. The Balaban J connectivity index is 1.79. The SMILES string of the molecule is CCc1ccc(C2/C(=C(/O)c3ccc(OC)cc3)C(=O)C(=O)N2CC2CCCO2)cc1. The lowest BCUT2D eigenvalue weighted by atomic mass is 9.94. The summed E-state index contributed by atoms with van der Waals surface area (Å²) in [6.45, 7) is 3.06. The molecule has 4 rings (SSSR count). The highest BCUT2D eigenvalue weighted by atomic mass is 16.5. The molecular formula is C25H27NO5. The molecule has 2 heterocycles. The van der Waals surface area contributed by atoms with Crippen molar-refractivity contribution in [2.75, 3.05) is 20.3 Å². The Kier molecular flexibility index (Phi) is 6.09. The van der Waals surface area contributed by atoms with E-state index in [1.165, 1.54) is 0 Å². The van der Waals surface area contributed by atoms with Crippen molar-refractivity contribution in [1.82, 2.24) is 4.90 Å². The molecule has 2 atom stereocenters. The summed E-state index contributed by atoms with van der Waals surface area (Å²) in [6, 6.07) is 14.0. The van der Waals surface area contributed by atoms with Crippen LogP contribution in [0.15, 0.2) is 54.1 Å². The van der Waals surface area contributed by atoms with Crippen LogP contribution in [0.1, 0.15) is 42.5 Å². The second kappa shape index (κ2) is 8.94. The molecular weight excluding hydrogens is 394 g/mol. The highest BCUT2D eigenvalue weighted by Gasteiger charge is 2.47. The highest BCUT2D eigenvalue weighted by Crippen LogP contribution is 2.40. The van der Waals surface area contributed by atoms with Crippen molar-refractivity contribution in [3.8, 4) is 5.75 Å². The zero-order chi connectivity index (χ0) is 22.0. The number of nitrogens with zero attached hydrogens (tertiary/aromatic N) is 1. The normalized spacial score (nSPS) is 22.8. The molecule has 2 fully saturated rings. The predicted octanol–water partition coefficient (Wildman–Crippen LogP) is 3.86. The van der Waals surface area contributed by atoms with Gasteiger partial charge in [-0.3, -0.25) is 9.59 Å². The summed E-state index contributed by atoms with van der Waals surface area (Å²) >= 11 is 0. The molecule has 1 N–H and O–H groups in total. The Morgan fingerprint density at radius 1 is 1.13 bits per heavy atom. The molecule has 0 spiro atoms. The largest absolute Gasteiger partial charge is 0.507 e. The Morgan fingerprint density at radius 2 is 1.84 bits per heavy atom. The second-order valence-corrected chi connectivity index (χ2v) is 7.91. The maximum Gasteiger partial charge on any atom is 0.295 e. The third-order valence-corrected chi connectivity index (χ3v) is 6.03. The first-order valence-electron chi connectivity index (χ1n) is 10.7. The van der Waals surface area contributed by atoms with Gasteiger partial charge < -0.3 is 19.5 Å². The minimum absolute atomic E-state index is 0.100. The molecule has 0 radical (unpaired) electrons. The Hall–Kier alpha value is -3.12. The zero-order valence-corrected chi connectivity index (χ0v) is 17.8. The molecule has 0 aliphatic carbocycles. The summed E-state index contributed by atoms with van der Waals surface area (Å²) in [5, 5.41) is 11.1. The van der Waals surface area contributed by atoms with E-state index in [9.17, 15) is 14.7 Å². The lowest BCUT2D eigenvalue weighted by Crippen LogP contribution is -2.36. The van der Waals surface area contributed by atoms with Crippen LogP contribution in [0.25, 0.3) is 5.76 Å². The minimum atomic E-state index is -0.670. The Bertz CT molecular complexity index is 988. The van der Waals surface area contributed by atoms with Crippen LogP contribution in [0.3, 0.4) is 0 Å². The summed E-state index contributed by atoms with van der Waals surface area (Å²) in [4.78, 5) is 27.6. The number of ether oxygens (including phenoxy) is 2. The summed E-state index contributed by atoms with van der Waals surface area (Å²) < 4.78 is 10.9. The molecule has 162 valence electrons. The number of aryl methyl sites for hydroxylation is 1. The topological polar surface area (TPSA) is 76.1 Å². The first-order valence-corrected chi connectivity index (χ1v) is 10.7. The molecule has 0 saturated carbocycles. The van der Waals surface area contributed by atoms with E-state index in [0.29, 0.717) is 24.5 Å². The number of likely N-dealkylation sites (tertiary alicyclic amines) is 1. The van der Waals surface area contributed by atoms with Gasteiger partial charge in [0.1, 0.15) is 11.5 Å². The molecule has 2 unspecified atom stereocenters. The van der Waals surface area contributed by atoms with E-state index in [1.807, 2.05) is 24.3 Å². The van der Waals surface area contributed by atoms with Gasteiger partial charge in [0.25, 0.3) is 11.7 Å². The smallest absolute Gasteiger partial charge is 0.295 e. The van der Waals surface area contributed by atoms with Crippen LogP contribution >= 0.6 is 0 Å². The molecule has 2 aromatic rings. The van der Waals surface area contributed by atoms with Gasteiger partial charge in [0.05, 0.1) is 24.8 Å². The zero-order valence-electron chi connectivity index (χ0n) is 17.8. The number of carbonyl (C=O) groups excluding carboxylic acids is 2. The van der Waals surface area contributed by atoms with E-state index in [2.05, 4.69) is 6.92 Å². The Morgan fingerprint density at radius 3 is 2.42 bits per heavy atom. The Labute approximate surface area is 182 Å². The van der Waals surface area contributed by atoms with Crippen molar-refractivity contribution < 1.29 is 24.2 Å². The average molecular weight is 421 g/mol. The van der Waals surface area contributed by atoms with Crippen LogP contribution in [-0.2, 0) is 20.7 Å². The van der Waals surface area contributed by atoms with Gasteiger partial charge >= 0.3 is 0 Å². The van der Waals surface area contributed by atoms with Crippen LogP contribution in [0, 0.1) is 0 Å². The van der Waals surface area contributed by atoms with Crippen molar-refractivity contribution in [3.05, 3.63) is 70.8 Å². The maximum atomic E-state index is 13.1. The predicted molar refractivity (Wildman–Crippen MR) is 117 cm³/mol. The molecule has 2 aliphatic heterocycles. The molecule has 2 aromatic carbocycles. The van der Waals surface area contributed by atoms with Gasteiger partial charge in [0, 0.05) is 18.7 Å². The summed E-state index contributed by atoms with van der Waals surface area (Å²) in [5.74, 6) is -0.812. The van der Waals surface area contributed by atoms with Gasteiger partial charge in [-0.15, -0.1) is 0 Å².